The van der Waals surface area contributed by atoms with Crippen LogP contribution in [-0.4, -0.2) is 5.97 Å². The van der Waals surface area contributed by atoms with Gasteiger partial charge in [0.2, 0.25) is 5.88 Å². The van der Waals surface area contributed by atoms with Gasteiger partial charge in [0.25, 0.3) is 0 Å². The third kappa shape index (κ3) is 2.87. The summed E-state index contributed by atoms with van der Waals surface area (Å²) in [5, 5.41) is 11.5. The third-order valence-electron chi connectivity index (χ3n) is 4.57. The van der Waals surface area contributed by atoms with Crippen molar-refractivity contribution in [2.24, 2.45) is 5.73 Å². The van der Waals surface area contributed by atoms with Crippen molar-refractivity contribution in [3.8, 4) is 17.6 Å². The van der Waals surface area contributed by atoms with Gasteiger partial charge in [-0.15, -0.1) is 0 Å². The van der Waals surface area contributed by atoms with Crippen LogP contribution in [0.15, 0.2) is 72.1 Å². The molecule has 3 aromatic carbocycles. The van der Waals surface area contributed by atoms with E-state index in [1.165, 1.54) is 6.92 Å². The molecule has 1 aliphatic rings. The monoisotopic (exact) mass is 356 g/mol. The van der Waals surface area contributed by atoms with Crippen molar-refractivity contribution in [3.63, 3.8) is 0 Å². The van der Waals surface area contributed by atoms with Crippen LogP contribution in [-0.2, 0) is 4.79 Å². The molecule has 0 saturated carbocycles. The summed E-state index contributed by atoms with van der Waals surface area (Å²) in [6.07, 6.45) is 0. The minimum absolute atomic E-state index is 0.106. The summed E-state index contributed by atoms with van der Waals surface area (Å²) in [4.78, 5) is 11.4. The number of fused-ring (bicyclic) bond motifs is 3. The maximum atomic E-state index is 11.4. The van der Waals surface area contributed by atoms with Crippen LogP contribution in [0, 0.1) is 11.3 Å². The Morgan fingerprint density at radius 3 is 2.59 bits per heavy atom. The average Bonchev–Trinajstić information content (AvgIpc) is 2.67. The predicted octanol–water partition coefficient (Wildman–Crippen LogP) is 3.98. The molecule has 2 N–H and O–H groups in total. The second kappa shape index (κ2) is 6.50. The van der Waals surface area contributed by atoms with Crippen molar-refractivity contribution >= 4 is 16.7 Å². The summed E-state index contributed by atoms with van der Waals surface area (Å²) in [5.41, 5.74) is 8.17. The highest BCUT2D eigenvalue weighted by Gasteiger charge is 2.32. The first-order valence-electron chi connectivity index (χ1n) is 8.46. The summed E-state index contributed by atoms with van der Waals surface area (Å²) >= 11 is 0. The quantitative estimate of drug-likeness (QED) is 0.554. The molecule has 132 valence electrons. The number of carbonyl (C=O) groups is 1. The number of nitrogens with two attached hydrogens (primary N) is 1. The van der Waals surface area contributed by atoms with Gasteiger partial charge in [-0.1, -0.05) is 42.5 Å². The molecular formula is C22H16N2O3. The number of esters is 1. The number of allylic oxidation sites excluding steroid dienone is 1. The van der Waals surface area contributed by atoms with Crippen LogP contribution >= 0.6 is 0 Å². The zero-order valence-corrected chi connectivity index (χ0v) is 14.6. The highest BCUT2D eigenvalue weighted by atomic mass is 16.5. The lowest BCUT2D eigenvalue weighted by molar-refractivity contribution is -0.131. The number of hydrogen-bond acceptors (Lipinski definition) is 5. The number of carbonyl (C=O) groups excluding carboxylic acids is 1. The van der Waals surface area contributed by atoms with E-state index < -0.39 is 5.97 Å². The van der Waals surface area contributed by atoms with E-state index in [1.54, 1.807) is 12.1 Å². The molecule has 0 aromatic heterocycles. The van der Waals surface area contributed by atoms with E-state index in [1.807, 2.05) is 48.5 Å². The number of ether oxygens (including phenoxy) is 2. The van der Waals surface area contributed by atoms with E-state index in [9.17, 15) is 10.1 Å². The second-order valence-corrected chi connectivity index (χ2v) is 6.29. The molecule has 0 bridgehead atoms. The Balaban J connectivity index is 2.01. The first-order chi connectivity index (χ1) is 13.1. The molecule has 0 aliphatic carbocycles. The molecule has 0 saturated heterocycles. The van der Waals surface area contributed by atoms with Gasteiger partial charge < -0.3 is 15.2 Å². The Labute approximate surface area is 156 Å². The van der Waals surface area contributed by atoms with Crippen molar-refractivity contribution in [2.75, 3.05) is 0 Å². The fraction of sp³-hybridized carbons (Fsp3) is 0.0909. The van der Waals surface area contributed by atoms with Crippen molar-refractivity contribution in [1.29, 1.82) is 5.26 Å². The van der Waals surface area contributed by atoms with Crippen LogP contribution in [0.3, 0.4) is 0 Å². The van der Waals surface area contributed by atoms with Crippen molar-refractivity contribution in [2.45, 2.75) is 12.8 Å². The first-order valence-corrected chi connectivity index (χ1v) is 8.46. The van der Waals surface area contributed by atoms with E-state index in [-0.39, 0.29) is 11.8 Å². The first kappa shape index (κ1) is 16.7. The topological polar surface area (TPSA) is 85.3 Å². The van der Waals surface area contributed by atoms with Gasteiger partial charge in [-0.2, -0.15) is 5.26 Å². The summed E-state index contributed by atoms with van der Waals surface area (Å²) in [5.74, 6) is 0.381. The third-order valence-corrected chi connectivity index (χ3v) is 4.57. The molecule has 27 heavy (non-hydrogen) atoms. The van der Waals surface area contributed by atoms with Gasteiger partial charge in [-0.25, -0.2) is 0 Å². The van der Waals surface area contributed by atoms with E-state index in [0.29, 0.717) is 17.1 Å². The Bertz CT molecular complexity index is 1130. The number of nitrogens with zero attached hydrogens (tertiary/aromatic N) is 1. The fourth-order valence-electron chi connectivity index (χ4n) is 3.48. The lowest BCUT2D eigenvalue weighted by Crippen LogP contribution is -2.21. The molecule has 5 nitrogen and oxygen atoms in total. The summed E-state index contributed by atoms with van der Waals surface area (Å²) in [6.45, 7) is 1.36. The molecular weight excluding hydrogens is 340 g/mol. The van der Waals surface area contributed by atoms with Crippen molar-refractivity contribution in [3.05, 3.63) is 83.2 Å². The lowest BCUT2D eigenvalue weighted by atomic mass is 9.81. The lowest BCUT2D eigenvalue weighted by Gasteiger charge is -2.28. The molecule has 1 aliphatic heterocycles. The normalized spacial score (nSPS) is 15.6. The summed E-state index contributed by atoms with van der Waals surface area (Å²) in [7, 11) is 0. The molecule has 1 atom stereocenters. The van der Waals surface area contributed by atoms with Gasteiger partial charge in [-0.3, -0.25) is 4.79 Å². The van der Waals surface area contributed by atoms with Gasteiger partial charge in [0.15, 0.2) is 0 Å². The molecule has 5 heteroatoms. The van der Waals surface area contributed by atoms with Crippen molar-refractivity contribution in [1.82, 2.24) is 0 Å². The van der Waals surface area contributed by atoms with Crippen LogP contribution in [0.5, 0.6) is 11.5 Å². The van der Waals surface area contributed by atoms with E-state index in [2.05, 4.69) is 6.07 Å². The molecule has 1 unspecified atom stereocenters. The van der Waals surface area contributed by atoms with E-state index in [0.717, 1.165) is 21.9 Å². The van der Waals surface area contributed by atoms with Gasteiger partial charge in [0, 0.05) is 12.5 Å². The zero-order chi connectivity index (χ0) is 19.0. The number of nitriles is 1. The molecule has 0 radical (unpaired) electrons. The number of hydrogen-bond donors (Lipinski definition) is 1. The highest BCUT2D eigenvalue weighted by Crippen LogP contribution is 2.46. The second-order valence-electron chi connectivity index (χ2n) is 6.29. The van der Waals surface area contributed by atoms with Gasteiger partial charge >= 0.3 is 5.97 Å². The maximum Gasteiger partial charge on any atom is 0.308 e. The maximum absolute atomic E-state index is 11.4. The van der Waals surface area contributed by atoms with Gasteiger partial charge in [0.05, 0.1) is 5.92 Å². The minimum Gasteiger partial charge on any atom is -0.440 e. The predicted molar refractivity (Wildman–Crippen MR) is 101 cm³/mol. The van der Waals surface area contributed by atoms with E-state index >= 15 is 0 Å². The molecule has 0 spiro atoms. The van der Waals surface area contributed by atoms with Crippen LogP contribution in [0.4, 0.5) is 0 Å². The molecule has 0 amide bonds. The molecule has 1 heterocycles. The smallest absolute Gasteiger partial charge is 0.308 e. The zero-order valence-electron chi connectivity index (χ0n) is 14.6. The van der Waals surface area contributed by atoms with Gasteiger partial charge in [-0.05, 0) is 34.5 Å². The average molecular weight is 356 g/mol. The SMILES string of the molecule is CC(=O)Oc1ccc2ccc3c(c2c1)C(c1ccccc1)C(C#N)=C(N)O3. The Morgan fingerprint density at radius 2 is 1.89 bits per heavy atom. The Hall–Kier alpha value is -3.78. The number of benzene rings is 3. The summed E-state index contributed by atoms with van der Waals surface area (Å²) in [6, 6.07) is 21.1. The molecule has 3 aromatic rings. The fourth-order valence-corrected chi connectivity index (χ4v) is 3.48. The van der Waals surface area contributed by atoms with Gasteiger partial charge in [0.1, 0.15) is 23.1 Å². The Kier molecular flexibility index (Phi) is 4.02. The Morgan fingerprint density at radius 1 is 1.15 bits per heavy atom. The number of rotatable bonds is 2. The van der Waals surface area contributed by atoms with Crippen LogP contribution in [0.25, 0.3) is 10.8 Å². The molecule has 4 rings (SSSR count). The largest absolute Gasteiger partial charge is 0.440 e. The van der Waals surface area contributed by atoms with Crippen LogP contribution in [0.2, 0.25) is 0 Å². The van der Waals surface area contributed by atoms with Crippen LogP contribution < -0.4 is 15.2 Å². The summed E-state index contributed by atoms with van der Waals surface area (Å²) < 4.78 is 11.0. The van der Waals surface area contributed by atoms with Crippen molar-refractivity contribution < 1.29 is 14.3 Å². The minimum atomic E-state index is -0.392. The van der Waals surface area contributed by atoms with E-state index in [4.69, 9.17) is 15.2 Å². The van der Waals surface area contributed by atoms with Crippen LogP contribution in [0.1, 0.15) is 24.0 Å². The molecule has 0 fully saturated rings. The highest BCUT2D eigenvalue weighted by molar-refractivity contribution is 5.91. The standard InChI is InChI=1S/C22H16N2O3/c1-13(25)26-16-9-7-14-8-10-19-21(17(14)11-16)20(15-5-3-2-4-6-15)18(12-23)22(24)27-19/h2-11,20H,24H2,1H3.